The zero-order valence-electron chi connectivity index (χ0n) is 17.3. The Morgan fingerprint density at radius 1 is 1.03 bits per heavy atom. The average Bonchev–Trinajstić information content (AvgIpc) is 3.22. The number of hydrogen-bond acceptors (Lipinski definition) is 4. The van der Waals surface area contributed by atoms with Gasteiger partial charge in [0.1, 0.15) is 0 Å². The lowest BCUT2D eigenvalue weighted by atomic mass is 10.1. The first-order valence-corrected chi connectivity index (χ1v) is 9.82. The molecular weight excluding hydrogens is 380 g/mol. The highest BCUT2D eigenvalue weighted by atomic mass is 16.5. The van der Waals surface area contributed by atoms with E-state index in [1.165, 1.54) is 4.90 Å². The van der Waals surface area contributed by atoms with Crippen LogP contribution in [0.25, 0.3) is 17.0 Å². The Balaban J connectivity index is 1.52. The molecule has 1 aliphatic rings. The van der Waals surface area contributed by atoms with Crippen molar-refractivity contribution >= 4 is 28.8 Å². The van der Waals surface area contributed by atoms with Crippen molar-refractivity contribution in [2.24, 2.45) is 7.05 Å². The van der Waals surface area contributed by atoms with Crippen LogP contribution in [0, 0.1) is 0 Å². The van der Waals surface area contributed by atoms with Crippen LogP contribution in [0.1, 0.15) is 17.5 Å². The van der Waals surface area contributed by atoms with E-state index in [0.29, 0.717) is 30.0 Å². The Bertz CT molecular complexity index is 1160. The van der Waals surface area contributed by atoms with E-state index in [1.807, 2.05) is 66.4 Å². The standard InChI is InChI=1S/C24H24N2O4/c1-25-15-18(19-6-4-5-7-20(19)25)13-17-14-23(27)26(24(17)28)11-10-16-8-9-21(29-2)22(12-16)30-3/h4-9,12-13,15H,10-11,14H2,1-3H3. The highest BCUT2D eigenvalue weighted by Gasteiger charge is 2.33. The number of rotatable bonds is 6. The van der Waals surface area contributed by atoms with E-state index in [1.54, 1.807) is 14.2 Å². The number of aromatic nitrogens is 1. The molecular formula is C24H24N2O4. The molecule has 6 nitrogen and oxygen atoms in total. The first kappa shape index (κ1) is 19.8. The molecule has 0 N–H and O–H groups in total. The van der Waals surface area contributed by atoms with Gasteiger partial charge in [0.2, 0.25) is 5.91 Å². The summed E-state index contributed by atoms with van der Waals surface area (Å²) in [6, 6.07) is 13.6. The molecule has 0 bridgehead atoms. The Morgan fingerprint density at radius 3 is 2.57 bits per heavy atom. The smallest absolute Gasteiger partial charge is 0.256 e. The van der Waals surface area contributed by atoms with Crippen LogP contribution in [0.3, 0.4) is 0 Å². The average molecular weight is 404 g/mol. The van der Waals surface area contributed by atoms with Crippen LogP contribution in [-0.4, -0.2) is 42.0 Å². The van der Waals surface area contributed by atoms with Crippen molar-refractivity contribution in [2.45, 2.75) is 12.8 Å². The first-order valence-electron chi connectivity index (χ1n) is 9.82. The number of methoxy groups -OCH3 is 2. The maximum Gasteiger partial charge on any atom is 0.256 e. The molecule has 6 heteroatoms. The quantitative estimate of drug-likeness (QED) is 0.465. The fraction of sp³-hybridized carbons (Fsp3) is 0.250. The molecule has 1 aliphatic heterocycles. The highest BCUT2D eigenvalue weighted by molar-refractivity contribution is 6.16. The third kappa shape index (κ3) is 3.56. The number of ether oxygens (including phenoxy) is 2. The van der Waals surface area contributed by atoms with Gasteiger partial charge in [0, 0.05) is 41.8 Å². The van der Waals surface area contributed by atoms with E-state index in [2.05, 4.69) is 0 Å². The minimum absolute atomic E-state index is 0.133. The van der Waals surface area contributed by atoms with Gasteiger partial charge < -0.3 is 14.0 Å². The minimum atomic E-state index is -0.214. The molecule has 0 saturated carbocycles. The van der Waals surface area contributed by atoms with Crippen LogP contribution in [0.15, 0.2) is 54.2 Å². The van der Waals surface area contributed by atoms with Gasteiger partial charge in [-0.3, -0.25) is 14.5 Å². The van der Waals surface area contributed by atoms with Crippen LogP contribution in [0.4, 0.5) is 0 Å². The van der Waals surface area contributed by atoms with E-state index in [9.17, 15) is 9.59 Å². The summed E-state index contributed by atoms with van der Waals surface area (Å²) >= 11 is 0. The molecule has 30 heavy (non-hydrogen) atoms. The summed E-state index contributed by atoms with van der Waals surface area (Å²) in [7, 11) is 5.14. The second kappa shape index (κ2) is 8.06. The number of carbonyl (C=O) groups excluding carboxylic acids is 2. The molecule has 4 rings (SSSR count). The number of carbonyl (C=O) groups is 2. The lowest BCUT2D eigenvalue weighted by molar-refractivity contribution is -0.137. The van der Waals surface area contributed by atoms with Crippen LogP contribution >= 0.6 is 0 Å². The van der Waals surface area contributed by atoms with Crippen molar-refractivity contribution in [3.63, 3.8) is 0 Å². The number of fused-ring (bicyclic) bond motifs is 1. The Hall–Kier alpha value is -3.54. The molecule has 0 atom stereocenters. The summed E-state index contributed by atoms with van der Waals surface area (Å²) in [5.74, 6) is 0.904. The van der Waals surface area contributed by atoms with E-state index in [-0.39, 0.29) is 18.2 Å². The largest absolute Gasteiger partial charge is 0.493 e. The van der Waals surface area contributed by atoms with Gasteiger partial charge in [-0.25, -0.2) is 0 Å². The van der Waals surface area contributed by atoms with Crippen molar-refractivity contribution in [1.82, 2.24) is 9.47 Å². The predicted octanol–water partition coefficient (Wildman–Crippen LogP) is 3.58. The van der Waals surface area contributed by atoms with Gasteiger partial charge in [-0.15, -0.1) is 0 Å². The Morgan fingerprint density at radius 2 is 1.80 bits per heavy atom. The van der Waals surface area contributed by atoms with Crippen molar-refractivity contribution in [2.75, 3.05) is 20.8 Å². The van der Waals surface area contributed by atoms with E-state index in [4.69, 9.17) is 9.47 Å². The molecule has 1 aromatic heterocycles. The lowest BCUT2D eigenvalue weighted by Gasteiger charge is -2.14. The van der Waals surface area contributed by atoms with E-state index >= 15 is 0 Å². The summed E-state index contributed by atoms with van der Waals surface area (Å²) in [4.78, 5) is 26.7. The van der Waals surface area contributed by atoms with Gasteiger partial charge in [0.05, 0.1) is 20.6 Å². The molecule has 2 heterocycles. The van der Waals surface area contributed by atoms with E-state index in [0.717, 1.165) is 22.0 Å². The van der Waals surface area contributed by atoms with Crippen molar-refractivity contribution < 1.29 is 19.1 Å². The lowest BCUT2D eigenvalue weighted by Crippen LogP contribution is -2.31. The first-order chi connectivity index (χ1) is 14.5. The fourth-order valence-electron chi connectivity index (χ4n) is 3.91. The molecule has 2 amide bonds. The zero-order chi connectivity index (χ0) is 21.3. The summed E-state index contributed by atoms with van der Waals surface area (Å²) in [5, 5.41) is 1.07. The van der Waals surface area contributed by atoms with Gasteiger partial charge in [-0.05, 0) is 36.3 Å². The topological polar surface area (TPSA) is 60.8 Å². The molecule has 1 fully saturated rings. The SMILES string of the molecule is COc1ccc(CCN2C(=O)CC(=Cc3cn(C)c4ccccc34)C2=O)cc1OC. The summed E-state index contributed by atoms with van der Waals surface area (Å²) in [6.07, 6.45) is 4.52. The molecule has 3 aromatic rings. The minimum Gasteiger partial charge on any atom is -0.493 e. The highest BCUT2D eigenvalue weighted by Crippen LogP contribution is 2.29. The van der Waals surface area contributed by atoms with Crippen LogP contribution in [0.5, 0.6) is 11.5 Å². The van der Waals surface area contributed by atoms with Crippen LogP contribution in [-0.2, 0) is 23.1 Å². The molecule has 154 valence electrons. The van der Waals surface area contributed by atoms with Gasteiger partial charge in [-0.1, -0.05) is 24.3 Å². The Kier molecular flexibility index (Phi) is 5.31. The summed E-state index contributed by atoms with van der Waals surface area (Å²) < 4.78 is 12.6. The molecule has 0 spiro atoms. The number of imide groups is 1. The number of nitrogens with zero attached hydrogens (tertiary/aromatic N) is 2. The predicted molar refractivity (Wildman–Crippen MR) is 115 cm³/mol. The normalized spacial score (nSPS) is 15.4. The maximum absolute atomic E-state index is 12.9. The van der Waals surface area contributed by atoms with Gasteiger partial charge in [0.25, 0.3) is 5.91 Å². The summed E-state index contributed by atoms with van der Waals surface area (Å²) in [6.45, 7) is 0.333. The fourth-order valence-corrected chi connectivity index (χ4v) is 3.91. The second-order valence-corrected chi connectivity index (χ2v) is 7.35. The van der Waals surface area contributed by atoms with Crippen molar-refractivity contribution in [1.29, 1.82) is 0 Å². The number of amides is 2. The number of aryl methyl sites for hydroxylation is 1. The van der Waals surface area contributed by atoms with E-state index < -0.39 is 0 Å². The summed E-state index contributed by atoms with van der Waals surface area (Å²) in [5.41, 5.74) is 3.54. The molecule has 0 radical (unpaired) electrons. The third-order valence-corrected chi connectivity index (χ3v) is 5.49. The maximum atomic E-state index is 12.9. The Labute approximate surface area is 175 Å². The molecule has 1 saturated heterocycles. The monoisotopic (exact) mass is 404 g/mol. The number of para-hydroxylation sites is 1. The number of likely N-dealkylation sites (tertiary alicyclic amines) is 1. The van der Waals surface area contributed by atoms with Gasteiger partial charge in [0.15, 0.2) is 11.5 Å². The van der Waals surface area contributed by atoms with Crippen molar-refractivity contribution in [3.8, 4) is 11.5 Å². The molecule has 0 unspecified atom stereocenters. The van der Waals surface area contributed by atoms with Crippen molar-refractivity contribution in [3.05, 3.63) is 65.4 Å². The number of benzene rings is 2. The number of hydrogen-bond donors (Lipinski definition) is 0. The third-order valence-electron chi connectivity index (χ3n) is 5.49. The second-order valence-electron chi connectivity index (χ2n) is 7.35. The molecule has 2 aromatic carbocycles. The van der Waals surface area contributed by atoms with Crippen LogP contribution in [0.2, 0.25) is 0 Å². The zero-order valence-corrected chi connectivity index (χ0v) is 17.3. The molecule has 0 aliphatic carbocycles. The van der Waals surface area contributed by atoms with Crippen LogP contribution < -0.4 is 9.47 Å². The van der Waals surface area contributed by atoms with Gasteiger partial charge in [-0.2, -0.15) is 0 Å². The van der Waals surface area contributed by atoms with Gasteiger partial charge >= 0.3 is 0 Å².